The molecule has 0 atom stereocenters. The molecule has 0 unspecified atom stereocenters. The van der Waals surface area contributed by atoms with Gasteiger partial charge in [-0.05, 0) is 11.1 Å². The lowest BCUT2D eigenvalue weighted by molar-refractivity contribution is 0.00659. The summed E-state index contributed by atoms with van der Waals surface area (Å²) in [5.41, 5.74) is 2.65. The minimum Gasteiger partial charge on any atom is -0.379 e. The molecule has 40 heavy (non-hydrogen) atoms. The maximum atomic E-state index is 6.02. The normalized spacial score (nSPS) is 30.5. The Kier molecular flexibility index (Phi) is 15.8. The Morgan fingerprint density at radius 2 is 0.525 bits per heavy atom. The van der Waals surface area contributed by atoms with Crippen LogP contribution in [0, 0.1) is 0 Å². The van der Waals surface area contributed by atoms with E-state index in [2.05, 4.69) is 43.9 Å². The summed E-state index contributed by atoms with van der Waals surface area (Å²) >= 11 is 0. The Morgan fingerprint density at radius 3 is 0.800 bits per heavy atom. The van der Waals surface area contributed by atoms with Gasteiger partial charge in [-0.1, -0.05) is 24.3 Å². The molecular weight excluding hydrogens is 512 g/mol. The Morgan fingerprint density at radius 1 is 0.300 bits per heavy atom. The fraction of sp³-hybridized carbons (Fsp3) is 0.800. The molecule has 10 heteroatoms. The van der Waals surface area contributed by atoms with Crippen LogP contribution < -0.4 is 0 Å². The maximum absolute atomic E-state index is 6.02. The van der Waals surface area contributed by atoms with E-state index in [0.29, 0.717) is 26.4 Å². The minimum absolute atomic E-state index is 0.613. The van der Waals surface area contributed by atoms with E-state index in [9.17, 15) is 0 Å². The van der Waals surface area contributed by atoms with E-state index in [0.717, 1.165) is 131 Å². The Bertz CT molecular complexity index is 682. The van der Waals surface area contributed by atoms with E-state index in [4.69, 9.17) is 28.4 Å². The summed E-state index contributed by atoms with van der Waals surface area (Å²) in [4.78, 5) is 9.61. The van der Waals surface area contributed by atoms with Crippen molar-refractivity contribution >= 4 is 0 Å². The van der Waals surface area contributed by atoms with Crippen molar-refractivity contribution in [1.82, 2.24) is 19.6 Å². The van der Waals surface area contributed by atoms with E-state index >= 15 is 0 Å². The van der Waals surface area contributed by atoms with E-state index in [-0.39, 0.29) is 0 Å². The van der Waals surface area contributed by atoms with Crippen molar-refractivity contribution in [2.75, 3.05) is 145 Å². The molecule has 0 aliphatic carbocycles. The van der Waals surface area contributed by atoms with Crippen LogP contribution >= 0.6 is 0 Å². The molecule has 0 amide bonds. The molecule has 10 nitrogen and oxygen atoms in total. The summed E-state index contributed by atoms with van der Waals surface area (Å²) in [5.74, 6) is 0. The van der Waals surface area contributed by atoms with Crippen LogP contribution in [0.2, 0.25) is 0 Å². The third kappa shape index (κ3) is 13.2. The topological polar surface area (TPSA) is 68.3 Å². The second kappa shape index (κ2) is 19.9. The van der Waals surface area contributed by atoms with Crippen LogP contribution in [0.5, 0.6) is 0 Å². The van der Waals surface area contributed by atoms with Gasteiger partial charge in [0.1, 0.15) is 0 Å². The van der Waals surface area contributed by atoms with Crippen molar-refractivity contribution in [3.63, 3.8) is 0 Å². The Balaban J connectivity index is 1.36. The molecule has 228 valence electrons. The molecule has 10 rings (SSSR count). The van der Waals surface area contributed by atoms with Gasteiger partial charge in [-0.2, -0.15) is 0 Å². The lowest BCUT2D eigenvalue weighted by Crippen LogP contribution is -2.37. The van der Waals surface area contributed by atoms with Crippen LogP contribution in [0.3, 0.4) is 0 Å². The van der Waals surface area contributed by atoms with E-state index in [1.807, 2.05) is 0 Å². The molecule has 6 bridgehead atoms. The molecule has 1 aromatic carbocycles. The predicted molar refractivity (Wildman–Crippen MR) is 155 cm³/mol. The molecule has 0 N–H and O–H groups in total. The monoisotopic (exact) mass is 564 g/mol. The van der Waals surface area contributed by atoms with Gasteiger partial charge in [-0.3, -0.25) is 19.6 Å². The summed E-state index contributed by atoms with van der Waals surface area (Å²) in [6.45, 7) is 19.2. The Labute approximate surface area is 241 Å². The first-order valence-corrected chi connectivity index (χ1v) is 15.3. The fourth-order valence-electron chi connectivity index (χ4n) is 5.14. The summed E-state index contributed by atoms with van der Waals surface area (Å²) in [6.07, 6.45) is 0. The van der Waals surface area contributed by atoms with Gasteiger partial charge in [0.2, 0.25) is 0 Å². The lowest BCUT2D eigenvalue weighted by atomic mass is 10.1. The number of benzene rings is 1. The zero-order chi connectivity index (χ0) is 27.5. The van der Waals surface area contributed by atoms with Gasteiger partial charge in [0.25, 0.3) is 0 Å². The Hall–Kier alpha value is -1.18. The van der Waals surface area contributed by atoms with Crippen LogP contribution in [0.4, 0.5) is 0 Å². The van der Waals surface area contributed by atoms with E-state index < -0.39 is 0 Å². The molecule has 9 aliphatic rings. The first-order chi connectivity index (χ1) is 19.8. The van der Waals surface area contributed by atoms with Crippen molar-refractivity contribution < 1.29 is 28.4 Å². The molecule has 2 fully saturated rings. The molecular formula is C30H52N4O6. The third-order valence-corrected chi connectivity index (χ3v) is 7.73. The van der Waals surface area contributed by atoms with Gasteiger partial charge >= 0.3 is 0 Å². The number of hydrogen-bond donors (Lipinski definition) is 0. The molecule has 9 heterocycles. The quantitative estimate of drug-likeness (QED) is 0.457. The largest absolute Gasteiger partial charge is 0.379 e. The second-order valence-corrected chi connectivity index (χ2v) is 10.7. The highest BCUT2D eigenvalue weighted by molar-refractivity contribution is 5.22. The summed E-state index contributed by atoms with van der Waals surface area (Å²) in [6, 6.07) is 9.07. The second-order valence-electron chi connectivity index (χ2n) is 10.7. The van der Waals surface area contributed by atoms with Crippen molar-refractivity contribution in [1.29, 1.82) is 0 Å². The highest BCUT2D eigenvalue weighted by atomic mass is 16.5. The van der Waals surface area contributed by atoms with Gasteiger partial charge in [0.15, 0.2) is 0 Å². The van der Waals surface area contributed by atoms with Crippen LogP contribution in [0.15, 0.2) is 24.3 Å². The van der Waals surface area contributed by atoms with Gasteiger partial charge in [-0.15, -0.1) is 0 Å². The summed E-state index contributed by atoms with van der Waals surface area (Å²) < 4.78 is 35.8. The zero-order valence-electron chi connectivity index (χ0n) is 24.5. The first-order valence-electron chi connectivity index (χ1n) is 15.3. The smallest absolute Gasteiger partial charge is 0.0701 e. The average Bonchev–Trinajstić information content (AvgIpc) is 2.95. The summed E-state index contributed by atoms with van der Waals surface area (Å²) in [5, 5.41) is 0. The van der Waals surface area contributed by atoms with Crippen LogP contribution in [-0.2, 0) is 41.5 Å². The SMILES string of the molecule is c1cc2ccc1CN1CCOCCN(CCOCCOCCN3CCOCCN(CCOCC3)C2)CCOCC1. The molecule has 0 radical (unpaired) electrons. The van der Waals surface area contributed by atoms with Gasteiger partial charge in [0.05, 0.1) is 79.3 Å². The molecule has 0 spiro atoms. The first kappa shape index (κ1) is 31.7. The van der Waals surface area contributed by atoms with Crippen molar-refractivity contribution in [3.05, 3.63) is 35.4 Å². The van der Waals surface area contributed by atoms with Crippen LogP contribution in [0.1, 0.15) is 11.1 Å². The number of rotatable bonds is 0. The minimum atomic E-state index is 0.613. The highest BCUT2D eigenvalue weighted by Gasteiger charge is 2.13. The zero-order valence-corrected chi connectivity index (χ0v) is 24.5. The van der Waals surface area contributed by atoms with Crippen molar-refractivity contribution in [3.8, 4) is 0 Å². The van der Waals surface area contributed by atoms with Gasteiger partial charge in [-0.25, -0.2) is 0 Å². The predicted octanol–water partition coefficient (Wildman–Crippen LogP) is 1.04. The van der Waals surface area contributed by atoms with Crippen molar-refractivity contribution in [2.24, 2.45) is 0 Å². The molecule has 2 saturated heterocycles. The van der Waals surface area contributed by atoms with Crippen LogP contribution in [-0.4, -0.2) is 164 Å². The standard InChI is InChI=1S/C30H52N4O6/c1-2-30-4-3-29(1)27-33-11-21-35-15-5-31(6-16-36-22-12-33)9-19-39-25-26-40-20-10-32-7-17-37-23-13-34(28-30)14-24-38-18-8-32/h1-4H,5-28H2. The third-order valence-electron chi connectivity index (χ3n) is 7.73. The molecule has 9 aliphatic heterocycles. The number of nitrogens with zero attached hydrogens (tertiary/aromatic N) is 4. The maximum Gasteiger partial charge on any atom is 0.0701 e. The molecule has 1 aromatic rings. The molecule has 0 saturated carbocycles. The van der Waals surface area contributed by atoms with Gasteiger partial charge < -0.3 is 28.4 Å². The molecule has 0 aromatic heterocycles. The fourth-order valence-corrected chi connectivity index (χ4v) is 5.14. The highest BCUT2D eigenvalue weighted by Crippen LogP contribution is 2.11. The number of ether oxygens (including phenoxy) is 6. The lowest BCUT2D eigenvalue weighted by Gasteiger charge is -2.27. The van der Waals surface area contributed by atoms with E-state index in [1.54, 1.807) is 0 Å². The van der Waals surface area contributed by atoms with Crippen LogP contribution in [0.25, 0.3) is 0 Å². The van der Waals surface area contributed by atoms with Gasteiger partial charge in [0, 0.05) is 78.5 Å². The summed E-state index contributed by atoms with van der Waals surface area (Å²) in [7, 11) is 0. The van der Waals surface area contributed by atoms with Crippen molar-refractivity contribution in [2.45, 2.75) is 13.1 Å². The van der Waals surface area contributed by atoms with E-state index in [1.165, 1.54) is 11.1 Å². The number of hydrogen-bond acceptors (Lipinski definition) is 10. The average molecular weight is 565 g/mol.